The van der Waals surface area contributed by atoms with Gasteiger partial charge in [-0.05, 0) is 12.1 Å². The number of methoxy groups -OCH3 is 1. The molecular formula is C11H5F6NO3. The number of nitriles is 1. The van der Waals surface area contributed by atoms with Crippen LogP contribution >= 0.6 is 0 Å². The lowest BCUT2D eigenvalue weighted by molar-refractivity contribution is -0.274. The van der Waals surface area contributed by atoms with E-state index in [0.717, 1.165) is 7.11 Å². The topological polar surface area (TPSA) is 59.3 Å². The zero-order valence-corrected chi connectivity index (χ0v) is 10.1. The molecule has 0 heterocycles. The molecule has 1 aromatic rings. The number of carbonyl (C=O) groups is 1. The van der Waals surface area contributed by atoms with E-state index in [0.29, 0.717) is 6.07 Å². The number of hydrogen-bond acceptors (Lipinski definition) is 4. The fourth-order valence-corrected chi connectivity index (χ4v) is 1.39. The van der Waals surface area contributed by atoms with Crippen molar-refractivity contribution in [2.24, 2.45) is 0 Å². The molecule has 0 atom stereocenters. The second kappa shape index (κ2) is 5.51. The summed E-state index contributed by atoms with van der Waals surface area (Å²) in [6.07, 6.45) is -10.4. The van der Waals surface area contributed by atoms with Crippen LogP contribution in [-0.2, 0) is 10.9 Å². The number of carbonyl (C=O) groups excluding carboxylic acids is 1. The molecule has 0 saturated heterocycles. The smallest absolute Gasteiger partial charge is 0.465 e. The second-order valence-corrected chi connectivity index (χ2v) is 3.54. The summed E-state index contributed by atoms with van der Waals surface area (Å²) in [6, 6.07) is 1.47. The van der Waals surface area contributed by atoms with Gasteiger partial charge in [0.1, 0.15) is 11.8 Å². The summed E-state index contributed by atoms with van der Waals surface area (Å²) in [7, 11) is 0.786. The standard InChI is InChI=1S/C11H5F6NO3/c1-20-9(19)6-2-5(4-18)8(21-11(15,16)17)3-7(6)10(12,13)14/h2-3H,1H3. The lowest BCUT2D eigenvalue weighted by Gasteiger charge is -2.16. The summed E-state index contributed by atoms with van der Waals surface area (Å²) < 4.78 is 82.1. The molecule has 0 aromatic heterocycles. The van der Waals surface area contributed by atoms with Crippen LogP contribution in [0.5, 0.6) is 5.75 Å². The van der Waals surface area contributed by atoms with Crippen LogP contribution in [0, 0.1) is 11.3 Å². The van der Waals surface area contributed by atoms with Crippen LogP contribution in [0.3, 0.4) is 0 Å². The number of rotatable bonds is 2. The average molecular weight is 313 g/mol. The van der Waals surface area contributed by atoms with Crippen LogP contribution in [0.15, 0.2) is 12.1 Å². The van der Waals surface area contributed by atoms with Crippen molar-refractivity contribution in [2.75, 3.05) is 7.11 Å². The Bertz CT molecular complexity index is 600. The molecule has 0 amide bonds. The number of esters is 1. The first kappa shape index (κ1) is 16.6. The molecule has 0 aliphatic heterocycles. The van der Waals surface area contributed by atoms with E-state index in [1.807, 2.05) is 0 Å². The van der Waals surface area contributed by atoms with E-state index in [4.69, 9.17) is 5.26 Å². The van der Waals surface area contributed by atoms with E-state index in [-0.39, 0.29) is 6.07 Å². The molecular weight excluding hydrogens is 308 g/mol. The van der Waals surface area contributed by atoms with Crippen molar-refractivity contribution in [3.05, 3.63) is 28.8 Å². The predicted molar refractivity (Wildman–Crippen MR) is 54.2 cm³/mol. The molecule has 0 aliphatic rings. The van der Waals surface area contributed by atoms with Crippen LogP contribution in [0.25, 0.3) is 0 Å². The Hall–Kier alpha value is -2.44. The maximum atomic E-state index is 12.8. The van der Waals surface area contributed by atoms with E-state index in [9.17, 15) is 31.1 Å². The third-order valence-corrected chi connectivity index (χ3v) is 2.18. The van der Waals surface area contributed by atoms with Crippen molar-refractivity contribution in [1.29, 1.82) is 5.26 Å². The summed E-state index contributed by atoms with van der Waals surface area (Å²) in [6.45, 7) is 0. The molecule has 1 rings (SSSR count). The van der Waals surface area contributed by atoms with Crippen molar-refractivity contribution >= 4 is 5.97 Å². The first-order chi connectivity index (χ1) is 9.49. The number of alkyl halides is 6. The van der Waals surface area contributed by atoms with E-state index >= 15 is 0 Å². The zero-order valence-electron chi connectivity index (χ0n) is 10.1. The molecule has 0 saturated carbocycles. The van der Waals surface area contributed by atoms with Crippen molar-refractivity contribution < 1.29 is 40.6 Å². The average Bonchev–Trinajstić information content (AvgIpc) is 2.34. The highest BCUT2D eigenvalue weighted by molar-refractivity contribution is 5.92. The molecule has 0 fully saturated rings. The van der Waals surface area contributed by atoms with Crippen molar-refractivity contribution in [2.45, 2.75) is 12.5 Å². The highest BCUT2D eigenvalue weighted by Gasteiger charge is 2.39. The fraction of sp³-hybridized carbons (Fsp3) is 0.273. The molecule has 114 valence electrons. The zero-order chi connectivity index (χ0) is 16.4. The Morgan fingerprint density at radius 1 is 1.19 bits per heavy atom. The lowest BCUT2D eigenvalue weighted by atomic mass is 10.0. The van der Waals surface area contributed by atoms with Crippen LogP contribution in [0.1, 0.15) is 21.5 Å². The first-order valence-corrected chi connectivity index (χ1v) is 4.99. The maximum absolute atomic E-state index is 12.8. The van der Waals surface area contributed by atoms with Gasteiger partial charge in [-0.2, -0.15) is 18.4 Å². The monoisotopic (exact) mass is 313 g/mol. The molecule has 4 nitrogen and oxygen atoms in total. The molecule has 0 unspecified atom stereocenters. The summed E-state index contributed by atoms with van der Waals surface area (Å²) in [5, 5.41) is 8.66. The van der Waals surface area contributed by atoms with E-state index in [1.165, 1.54) is 6.07 Å². The third-order valence-electron chi connectivity index (χ3n) is 2.18. The van der Waals surface area contributed by atoms with Crippen molar-refractivity contribution in [1.82, 2.24) is 0 Å². The molecule has 1 aromatic carbocycles. The van der Waals surface area contributed by atoms with Gasteiger partial charge in [-0.1, -0.05) is 0 Å². The van der Waals surface area contributed by atoms with Gasteiger partial charge in [0.25, 0.3) is 0 Å². The van der Waals surface area contributed by atoms with E-state index in [1.54, 1.807) is 0 Å². The molecule has 0 N–H and O–H groups in total. The van der Waals surface area contributed by atoms with Gasteiger partial charge in [0.15, 0.2) is 0 Å². The minimum atomic E-state index is -5.29. The summed E-state index contributed by atoms with van der Waals surface area (Å²) in [5.74, 6) is -2.80. The van der Waals surface area contributed by atoms with Gasteiger partial charge < -0.3 is 9.47 Å². The van der Waals surface area contributed by atoms with Gasteiger partial charge >= 0.3 is 18.5 Å². The molecule has 0 bridgehead atoms. The second-order valence-electron chi connectivity index (χ2n) is 3.54. The predicted octanol–water partition coefficient (Wildman–Crippen LogP) is 3.26. The lowest BCUT2D eigenvalue weighted by Crippen LogP contribution is -2.20. The number of nitrogens with zero attached hydrogens (tertiary/aromatic N) is 1. The highest BCUT2D eigenvalue weighted by Crippen LogP contribution is 2.37. The Balaban J connectivity index is 3.57. The minimum Gasteiger partial charge on any atom is -0.465 e. The van der Waals surface area contributed by atoms with Gasteiger partial charge in [-0.25, -0.2) is 4.79 Å². The third kappa shape index (κ3) is 4.01. The molecule has 0 radical (unpaired) electrons. The van der Waals surface area contributed by atoms with Gasteiger partial charge in [-0.15, -0.1) is 13.2 Å². The van der Waals surface area contributed by atoms with Gasteiger partial charge in [0, 0.05) is 0 Å². The van der Waals surface area contributed by atoms with E-state index < -0.39 is 40.9 Å². The normalized spacial score (nSPS) is 11.7. The number of halogens is 6. The fourth-order valence-electron chi connectivity index (χ4n) is 1.39. The molecule has 21 heavy (non-hydrogen) atoms. The Kier molecular flexibility index (Phi) is 4.36. The van der Waals surface area contributed by atoms with Crippen molar-refractivity contribution in [3.8, 4) is 11.8 Å². The number of ether oxygens (including phenoxy) is 2. The van der Waals surface area contributed by atoms with Crippen LogP contribution in [-0.4, -0.2) is 19.4 Å². The van der Waals surface area contributed by atoms with E-state index in [2.05, 4.69) is 9.47 Å². The quantitative estimate of drug-likeness (QED) is 0.621. The van der Waals surface area contributed by atoms with Gasteiger partial charge in [0.05, 0.1) is 23.8 Å². The summed E-state index contributed by atoms with van der Waals surface area (Å²) in [4.78, 5) is 11.3. The molecule has 10 heteroatoms. The largest absolute Gasteiger partial charge is 0.573 e. The Morgan fingerprint density at radius 3 is 2.14 bits per heavy atom. The summed E-state index contributed by atoms with van der Waals surface area (Å²) in [5.41, 5.74) is -3.68. The number of hydrogen-bond donors (Lipinski definition) is 0. The first-order valence-electron chi connectivity index (χ1n) is 4.99. The maximum Gasteiger partial charge on any atom is 0.573 e. The molecule has 0 spiro atoms. The number of benzene rings is 1. The van der Waals surface area contributed by atoms with Gasteiger partial charge in [0.2, 0.25) is 0 Å². The summed E-state index contributed by atoms with van der Waals surface area (Å²) >= 11 is 0. The van der Waals surface area contributed by atoms with Crippen LogP contribution < -0.4 is 4.74 Å². The highest BCUT2D eigenvalue weighted by atomic mass is 19.4. The Morgan fingerprint density at radius 2 is 1.76 bits per heavy atom. The van der Waals surface area contributed by atoms with Gasteiger partial charge in [-0.3, -0.25) is 0 Å². The minimum absolute atomic E-state index is 0.0711. The van der Waals surface area contributed by atoms with Crippen LogP contribution in [0.4, 0.5) is 26.3 Å². The Labute approximate surface area is 113 Å². The van der Waals surface area contributed by atoms with Crippen molar-refractivity contribution in [3.63, 3.8) is 0 Å². The molecule has 0 aliphatic carbocycles. The SMILES string of the molecule is COC(=O)c1cc(C#N)c(OC(F)(F)F)cc1C(F)(F)F. The van der Waals surface area contributed by atoms with Crippen LogP contribution in [0.2, 0.25) is 0 Å².